The second-order valence-electron chi connectivity index (χ2n) is 5.41. The molecule has 0 spiro atoms. The van der Waals surface area contributed by atoms with E-state index in [-0.39, 0.29) is 5.91 Å². The van der Waals surface area contributed by atoms with Gasteiger partial charge in [0.25, 0.3) is 5.91 Å². The lowest BCUT2D eigenvalue weighted by atomic mass is 10.2. The summed E-state index contributed by atoms with van der Waals surface area (Å²) in [6, 6.07) is 11.0. The van der Waals surface area contributed by atoms with E-state index < -0.39 is 0 Å². The third kappa shape index (κ3) is 3.15. The Morgan fingerprint density at radius 2 is 1.92 bits per heavy atom. The summed E-state index contributed by atoms with van der Waals surface area (Å²) in [4.78, 5) is 17.5. The zero-order chi connectivity index (χ0) is 17.8. The third-order valence-electron chi connectivity index (χ3n) is 3.89. The number of aromatic nitrogens is 2. The van der Waals surface area contributed by atoms with Gasteiger partial charge in [-0.2, -0.15) is 0 Å². The number of rotatable bonds is 6. The minimum Gasteiger partial charge on any atom is -0.493 e. The number of benzene rings is 1. The van der Waals surface area contributed by atoms with Gasteiger partial charge < -0.3 is 14.8 Å². The van der Waals surface area contributed by atoms with Crippen LogP contribution in [0.2, 0.25) is 0 Å². The van der Waals surface area contributed by atoms with Gasteiger partial charge in [0.1, 0.15) is 11.4 Å². The Morgan fingerprint density at radius 3 is 2.64 bits per heavy atom. The van der Waals surface area contributed by atoms with Gasteiger partial charge in [0.05, 0.1) is 25.1 Å². The lowest BCUT2D eigenvalue weighted by molar-refractivity contribution is 0.102. The van der Waals surface area contributed by atoms with Crippen LogP contribution in [0.1, 0.15) is 30.0 Å². The molecule has 3 rings (SSSR count). The van der Waals surface area contributed by atoms with Gasteiger partial charge >= 0.3 is 0 Å². The number of pyridine rings is 1. The number of carbonyl (C=O) groups excluding carboxylic acids is 1. The minimum atomic E-state index is -0.232. The lowest BCUT2D eigenvalue weighted by Gasteiger charge is -2.12. The average Bonchev–Trinajstić information content (AvgIpc) is 3.02. The fourth-order valence-electron chi connectivity index (χ4n) is 2.77. The van der Waals surface area contributed by atoms with Crippen molar-refractivity contribution in [3.05, 3.63) is 54.0 Å². The van der Waals surface area contributed by atoms with E-state index in [1.165, 1.54) is 0 Å². The standard InChI is InChI=1S/C19H21N3O3/c1-4-13-17(22-12-8-11-16(24-3)18(22)20-13)19(23)21-14-9-6-7-10-15(14)25-5-2/h6-12H,4-5H2,1-3H3,(H,21,23). The number of hydrogen-bond acceptors (Lipinski definition) is 4. The number of amides is 1. The molecule has 0 aliphatic rings. The van der Waals surface area contributed by atoms with E-state index in [1.54, 1.807) is 11.5 Å². The molecule has 0 unspecified atom stereocenters. The fraction of sp³-hybridized carbons (Fsp3) is 0.263. The van der Waals surface area contributed by atoms with Crippen molar-refractivity contribution in [2.45, 2.75) is 20.3 Å². The monoisotopic (exact) mass is 339 g/mol. The van der Waals surface area contributed by atoms with Gasteiger partial charge in [-0.3, -0.25) is 9.20 Å². The van der Waals surface area contributed by atoms with Crippen LogP contribution >= 0.6 is 0 Å². The van der Waals surface area contributed by atoms with E-state index in [2.05, 4.69) is 10.3 Å². The highest BCUT2D eigenvalue weighted by Crippen LogP contribution is 2.26. The Labute approximate surface area is 146 Å². The largest absolute Gasteiger partial charge is 0.493 e. The zero-order valence-corrected chi connectivity index (χ0v) is 14.6. The number of anilines is 1. The molecule has 0 saturated heterocycles. The Balaban J connectivity index is 2.03. The minimum absolute atomic E-state index is 0.232. The first-order valence-electron chi connectivity index (χ1n) is 8.26. The van der Waals surface area contributed by atoms with Gasteiger partial charge in [0.2, 0.25) is 0 Å². The lowest BCUT2D eigenvalue weighted by Crippen LogP contribution is -2.17. The van der Waals surface area contributed by atoms with Crippen LogP contribution in [-0.2, 0) is 6.42 Å². The number of methoxy groups -OCH3 is 1. The molecular formula is C19H21N3O3. The van der Waals surface area contributed by atoms with Crippen LogP contribution in [0.5, 0.6) is 11.5 Å². The van der Waals surface area contributed by atoms with Crippen molar-refractivity contribution in [3.8, 4) is 11.5 Å². The molecule has 0 aliphatic heterocycles. The summed E-state index contributed by atoms with van der Waals surface area (Å²) in [5.41, 5.74) is 2.48. The van der Waals surface area contributed by atoms with E-state index in [4.69, 9.17) is 9.47 Å². The quantitative estimate of drug-likeness (QED) is 0.746. The van der Waals surface area contributed by atoms with Crippen molar-refractivity contribution in [1.82, 2.24) is 9.38 Å². The maximum absolute atomic E-state index is 13.0. The second kappa shape index (κ2) is 7.25. The van der Waals surface area contributed by atoms with Crippen molar-refractivity contribution in [2.75, 3.05) is 19.0 Å². The van der Waals surface area contributed by atoms with E-state index in [9.17, 15) is 4.79 Å². The molecule has 0 aliphatic carbocycles. The molecule has 6 heteroatoms. The molecular weight excluding hydrogens is 318 g/mol. The molecule has 130 valence electrons. The number of hydrogen-bond donors (Lipinski definition) is 1. The highest BCUT2D eigenvalue weighted by Gasteiger charge is 2.21. The van der Waals surface area contributed by atoms with Crippen LogP contribution in [0.4, 0.5) is 5.69 Å². The van der Waals surface area contributed by atoms with Gasteiger partial charge in [-0.1, -0.05) is 19.1 Å². The van der Waals surface area contributed by atoms with Crippen LogP contribution < -0.4 is 14.8 Å². The fourth-order valence-corrected chi connectivity index (χ4v) is 2.77. The first kappa shape index (κ1) is 16.8. The van der Waals surface area contributed by atoms with Crippen molar-refractivity contribution < 1.29 is 14.3 Å². The molecule has 2 heterocycles. The Bertz CT molecular complexity index is 902. The number of nitrogens with zero attached hydrogens (tertiary/aromatic N) is 2. The van der Waals surface area contributed by atoms with Crippen molar-refractivity contribution in [2.24, 2.45) is 0 Å². The van der Waals surface area contributed by atoms with E-state index in [0.29, 0.717) is 41.6 Å². The Hall–Kier alpha value is -3.02. The predicted octanol–water partition coefficient (Wildman–Crippen LogP) is 3.56. The first-order valence-corrected chi connectivity index (χ1v) is 8.26. The van der Waals surface area contributed by atoms with Crippen LogP contribution in [0.3, 0.4) is 0 Å². The maximum atomic E-state index is 13.0. The Kier molecular flexibility index (Phi) is 4.88. The van der Waals surface area contributed by atoms with Crippen molar-refractivity contribution in [1.29, 1.82) is 0 Å². The molecule has 0 fully saturated rings. The molecule has 25 heavy (non-hydrogen) atoms. The van der Waals surface area contributed by atoms with Gasteiger partial charge in [0.15, 0.2) is 11.4 Å². The number of ether oxygens (including phenoxy) is 2. The summed E-state index contributed by atoms with van der Waals surface area (Å²) < 4.78 is 12.7. The molecule has 0 atom stereocenters. The number of para-hydroxylation sites is 2. The molecule has 1 amide bonds. The van der Waals surface area contributed by atoms with Crippen LogP contribution in [-0.4, -0.2) is 29.0 Å². The second-order valence-corrected chi connectivity index (χ2v) is 5.41. The molecule has 0 radical (unpaired) electrons. The number of carbonyl (C=O) groups is 1. The van der Waals surface area contributed by atoms with E-state index in [0.717, 1.165) is 5.69 Å². The Morgan fingerprint density at radius 1 is 1.16 bits per heavy atom. The topological polar surface area (TPSA) is 64.9 Å². The van der Waals surface area contributed by atoms with E-state index in [1.807, 2.05) is 56.4 Å². The van der Waals surface area contributed by atoms with Crippen LogP contribution in [0.15, 0.2) is 42.6 Å². The number of nitrogens with one attached hydrogen (secondary N) is 1. The van der Waals surface area contributed by atoms with E-state index >= 15 is 0 Å². The van der Waals surface area contributed by atoms with Crippen LogP contribution in [0.25, 0.3) is 5.65 Å². The summed E-state index contributed by atoms with van der Waals surface area (Å²) in [5, 5.41) is 2.94. The third-order valence-corrected chi connectivity index (χ3v) is 3.89. The molecule has 0 bridgehead atoms. The number of fused-ring (bicyclic) bond motifs is 1. The van der Waals surface area contributed by atoms with Gasteiger partial charge in [-0.15, -0.1) is 0 Å². The predicted molar refractivity (Wildman–Crippen MR) is 96.7 cm³/mol. The summed E-state index contributed by atoms with van der Waals surface area (Å²) in [7, 11) is 1.59. The molecule has 0 saturated carbocycles. The summed E-state index contributed by atoms with van der Waals surface area (Å²) in [6.07, 6.45) is 2.45. The van der Waals surface area contributed by atoms with Gasteiger partial charge in [-0.25, -0.2) is 4.98 Å². The van der Waals surface area contributed by atoms with Gasteiger partial charge in [0, 0.05) is 6.20 Å². The molecule has 6 nitrogen and oxygen atoms in total. The maximum Gasteiger partial charge on any atom is 0.274 e. The average molecular weight is 339 g/mol. The SMILES string of the molecule is CCOc1ccccc1NC(=O)c1c(CC)nc2c(OC)cccn12. The zero-order valence-electron chi connectivity index (χ0n) is 14.6. The number of imidazole rings is 1. The highest BCUT2D eigenvalue weighted by molar-refractivity contribution is 6.05. The molecule has 3 aromatic rings. The van der Waals surface area contributed by atoms with Crippen molar-refractivity contribution >= 4 is 17.2 Å². The first-order chi connectivity index (χ1) is 12.2. The molecule has 1 N–H and O–H groups in total. The molecule has 2 aromatic heterocycles. The number of aryl methyl sites for hydroxylation is 1. The molecule has 1 aromatic carbocycles. The smallest absolute Gasteiger partial charge is 0.274 e. The van der Waals surface area contributed by atoms with Crippen molar-refractivity contribution in [3.63, 3.8) is 0 Å². The summed E-state index contributed by atoms with van der Waals surface area (Å²) >= 11 is 0. The summed E-state index contributed by atoms with van der Waals surface area (Å²) in [5.74, 6) is 1.04. The normalized spacial score (nSPS) is 10.7. The van der Waals surface area contributed by atoms with Crippen LogP contribution in [0, 0.1) is 0 Å². The highest BCUT2D eigenvalue weighted by atomic mass is 16.5. The van der Waals surface area contributed by atoms with Gasteiger partial charge in [-0.05, 0) is 37.6 Å². The summed E-state index contributed by atoms with van der Waals surface area (Å²) in [6.45, 7) is 4.41.